The molecular formula is C12H14BrNO4. The van der Waals surface area contributed by atoms with E-state index in [2.05, 4.69) is 15.9 Å². The third-order valence-electron chi connectivity index (χ3n) is 2.94. The summed E-state index contributed by atoms with van der Waals surface area (Å²) in [6.07, 6.45) is 0. The number of benzene rings is 1. The van der Waals surface area contributed by atoms with Crippen LogP contribution in [-0.2, 0) is 11.3 Å². The Morgan fingerprint density at radius 2 is 2.28 bits per heavy atom. The summed E-state index contributed by atoms with van der Waals surface area (Å²) in [7, 11) is 1.78. The smallest absolute Gasteiger partial charge is 0.320 e. The fraction of sp³-hybridized carbons (Fsp3) is 0.417. The van der Waals surface area contributed by atoms with Crippen LogP contribution in [0.4, 0.5) is 0 Å². The van der Waals surface area contributed by atoms with Crippen LogP contribution in [0.1, 0.15) is 12.5 Å². The first kappa shape index (κ1) is 13.2. The Morgan fingerprint density at radius 1 is 1.56 bits per heavy atom. The Balaban J connectivity index is 2.15. The average Bonchev–Trinajstić information content (AvgIpc) is 2.76. The highest BCUT2D eigenvalue weighted by Crippen LogP contribution is 2.40. The number of hydrogen-bond donors (Lipinski definition) is 1. The zero-order valence-electron chi connectivity index (χ0n) is 10.1. The van der Waals surface area contributed by atoms with E-state index in [9.17, 15) is 4.79 Å². The molecule has 0 aromatic heterocycles. The molecule has 0 fully saturated rings. The van der Waals surface area contributed by atoms with Crippen LogP contribution < -0.4 is 9.47 Å². The zero-order chi connectivity index (χ0) is 13.3. The summed E-state index contributed by atoms with van der Waals surface area (Å²) in [4.78, 5) is 12.6. The first-order valence-corrected chi connectivity index (χ1v) is 6.29. The molecule has 0 saturated heterocycles. The van der Waals surface area contributed by atoms with Gasteiger partial charge < -0.3 is 14.6 Å². The fourth-order valence-corrected chi connectivity index (χ4v) is 2.33. The second kappa shape index (κ2) is 5.16. The first-order chi connectivity index (χ1) is 8.49. The first-order valence-electron chi connectivity index (χ1n) is 5.50. The van der Waals surface area contributed by atoms with Gasteiger partial charge in [-0.15, -0.1) is 0 Å². The highest BCUT2D eigenvalue weighted by atomic mass is 79.9. The number of likely N-dealkylation sites (N-methyl/N-ethyl adjacent to an activating group) is 1. The van der Waals surface area contributed by atoms with Gasteiger partial charge in [-0.05, 0) is 47.6 Å². The van der Waals surface area contributed by atoms with E-state index in [1.807, 2.05) is 12.1 Å². The van der Waals surface area contributed by atoms with Crippen LogP contribution in [-0.4, -0.2) is 35.9 Å². The minimum Gasteiger partial charge on any atom is -0.480 e. The van der Waals surface area contributed by atoms with Gasteiger partial charge in [0.25, 0.3) is 0 Å². The molecule has 0 bridgehead atoms. The van der Waals surface area contributed by atoms with Crippen LogP contribution in [0.15, 0.2) is 16.6 Å². The fourth-order valence-electron chi connectivity index (χ4n) is 1.73. The number of rotatable bonds is 4. The summed E-state index contributed by atoms with van der Waals surface area (Å²) >= 11 is 3.41. The van der Waals surface area contributed by atoms with E-state index in [4.69, 9.17) is 14.6 Å². The number of carboxylic acids is 1. The molecular weight excluding hydrogens is 302 g/mol. The second-order valence-corrected chi connectivity index (χ2v) is 5.10. The van der Waals surface area contributed by atoms with Crippen molar-refractivity contribution in [3.63, 3.8) is 0 Å². The Morgan fingerprint density at radius 3 is 2.94 bits per heavy atom. The number of aliphatic carboxylic acids is 1. The van der Waals surface area contributed by atoms with E-state index >= 15 is 0 Å². The van der Waals surface area contributed by atoms with E-state index in [-0.39, 0.29) is 6.79 Å². The molecule has 98 valence electrons. The lowest BCUT2D eigenvalue weighted by Crippen LogP contribution is -2.35. The molecule has 0 amide bonds. The average molecular weight is 316 g/mol. The minimum atomic E-state index is -0.836. The van der Waals surface area contributed by atoms with Gasteiger partial charge in [-0.1, -0.05) is 0 Å². The van der Waals surface area contributed by atoms with Crippen LogP contribution >= 0.6 is 15.9 Å². The Hall–Kier alpha value is -1.27. The van der Waals surface area contributed by atoms with Crippen molar-refractivity contribution in [2.45, 2.75) is 19.5 Å². The Kier molecular flexibility index (Phi) is 3.77. The third-order valence-corrected chi connectivity index (χ3v) is 3.53. The molecule has 1 aliphatic heterocycles. The maximum Gasteiger partial charge on any atom is 0.320 e. The van der Waals surface area contributed by atoms with Crippen LogP contribution in [0.2, 0.25) is 0 Å². The van der Waals surface area contributed by atoms with Gasteiger partial charge in [0.05, 0.1) is 4.47 Å². The van der Waals surface area contributed by atoms with E-state index < -0.39 is 12.0 Å². The number of halogens is 1. The van der Waals surface area contributed by atoms with Gasteiger partial charge in [-0.25, -0.2) is 0 Å². The lowest BCUT2D eigenvalue weighted by molar-refractivity contribution is -0.142. The minimum absolute atomic E-state index is 0.221. The molecule has 6 heteroatoms. The van der Waals surface area contributed by atoms with Gasteiger partial charge in [0.15, 0.2) is 11.5 Å². The molecule has 1 aliphatic rings. The lowest BCUT2D eigenvalue weighted by Gasteiger charge is -2.21. The maximum absolute atomic E-state index is 10.9. The topological polar surface area (TPSA) is 59.0 Å². The normalized spacial score (nSPS) is 14.9. The summed E-state index contributed by atoms with van der Waals surface area (Å²) in [5.74, 6) is 0.556. The van der Waals surface area contributed by atoms with E-state index in [0.29, 0.717) is 18.0 Å². The number of nitrogens with zero attached hydrogens (tertiary/aromatic N) is 1. The molecule has 5 nitrogen and oxygen atoms in total. The van der Waals surface area contributed by atoms with Crippen LogP contribution in [0, 0.1) is 0 Å². The van der Waals surface area contributed by atoms with Crippen molar-refractivity contribution >= 4 is 21.9 Å². The van der Waals surface area contributed by atoms with Gasteiger partial charge in [0.2, 0.25) is 6.79 Å². The molecule has 18 heavy (non-hydrogen) atoms. The number of carboxylic acid groups (broad SMARTS) is 1. The summed E-state index contributed by atoms with van der Waals surface area (Å²) < 4.78 is 11.4. The zero-order valence-corrected chi connectivity index (χ0v) is 11.7. The van der Waals surface area contributed by atoms with Crippen LogP contribution in [0.3, 0.4) is 0 Å². The number of hydrogen-bond acceptors (Lipinski definition) is 4. The van der Waals surface area contributed by atoms with E-state index in [1.165, 1.54) is 0 Å². The molecule has 0 aliphatic carbocycles. The van der Waals surface area contributed by atoms with Crippen molar-refractivity contribution < 1.29 is 19.4 Å². The van der Waals surface area contributed by atoms with Gasteiger partial charge in [0, 0.05) is 6.54 Å². The molecule has 1 atom stereocenters. The summed E-state index contributed by atoms with van der Waals surface area (Å²) in [5, 5.41) is 8.94. The highest BCUT2D eigenvalue weighted by Gasteiger charge is 2.21. The van der Waals surface area contributed by atoms with E-state index in [0.717, 1.165) is 10.0 Å². The van der Waals surface area contributed by atoms with Gasteiger partial charge >= 0.3 is 5.97 Å². The standard InChI is InChI=1S/C12H14BrNO4/c1-7(12(15)16)14(2)5-8-3-9(13)11-10(4-8)17-6-18-11/h3-4,7H,5-6H2,1-2H3,(H,15,16). The van der Waals surface area contributed by atoms with Crippen molar-refractivity contribution in [1.82, 2.24) is 4.90 Å². The SMILES string of the molecule is CC(C(=O)O)N(C)Cc1cc(Br)c2c(c1)OCO2. The quantitative estimate of drug-likeness (QED) is 0.922. The highest BCUT2D eigenvalue weighted by molar-refractivity contribution is 9.10. The van der Waals surface area contributed by atoms with Crippen molar-refractivity contribution in [2.24, 2.45) is 0 Å². The lowest BCUT2D eigenvalue weighted by atomic mass is 10.1. The summed E-state index contributed by atoms with van der Waals surface area (Å²) in [6, 6.07) is 3.26. The molecule has 1 aromatic rings. The number of carbonyl (C=O) groups is 1. The Labute approximate surface area is 113 Å². The molecule has 1 heterocycles. The van der Waals surface area contributed by atoms with Crippen molar-refractivity contribution in [3.8, 4) is 11.5 Å². The van der Waals surface area contributed by atoms with E-state index in [1.54, 1.807) is 18.9 Å². The molecule has 0 saturated carbocycles. The predicted molar refractivity (Wildman–Crippen MR) is 68.8 cm³/mol. The van der Waals surface area contributed by atoms with Gasteiger partial charge in [0.1, 0.15) is 6.04 Å². The van der Waals surface area contributed by atoms with Crippen molar-refractivity contribution in [3.05, 3.63) is 22.2 Å². The monoisotopic (exact) mass is 315 g/mol. The van der Waals surface area contributed by atoms with Crippen molar-refractivity contribution in [2.75, 3.05) is 13.8 Å². The predicted octanol–water partition coefficient (Wildman–Crippen LogP) is 2.08. The molecule has 1 N–H and O–H groups in total. The largest absolute Gasteiger partial charge is 0.480 e. The number of fused-ring (bicyclic) bond motifs is 1. The third kappa shape index (κ3) is 2.59. The van der Waals surface area contributed by atoms with Gasteiger partial charge in [-0.2, -0.15) is 0 Å². The summed E-state index contributed by atoms with van der Waals surface area (Å²) in [6.45, 7) is 2.41. The molecule has 0 radical (unpaired) electrons. The number of ether oxygens (including phenoxy) is 2. The van der Waals surface area contributed by atoms with Crippen molar-refractivity contribution in [1.29, 1.82) is 0 Å². The van der Waals surface area contributed by atoms with Gasteiger partial charge in [-0.3, -0.25) is 9.69 Å². The van der Waals surface area contributed by atoms with Crippen LogP contribution in [0.25, 0.3) is 0 Å². The molecule has 1 aromatic carbocycles. The summed E-state index contributed by atoms with van der Waals surface area (Å²) in [5.41, 5.74) is 0.974. The molecule has 0 spiro atoms. The molecule has 2 rings (SSSR count). The molecule has 1 unspecified atom stereocenters. The Bertz CT molecular complexity index is 477. The van der Waals surface area contributed by atoms with Crippen LogP contribution in [0.5, 0.6) is 11.5 Å². The second-order valence-electron chi connectivity index (χ2n) is 4.24. The maximum atomic E-state index is 10.9.